The van der Waals surface area contributed by atoms with Crippen molar-refractivity contribution in [2.75, 3.05) is 13.2 Å². The quantitative estimate of drug-likeness (QED) is 0.638. The van der Waals surface area contributed by atoms with E-state index in [1.54, 1.807) is 11.8 Å². The van der Waals surface area contributed by atoms with Gasteiger partial charge in [-0.05, 0) is 31.2 Å². The highest BCUT2D eigenvalue weighted by molar-refractivity contribution is 7.98. The van der Waals surface area contributed by atoms with Crippen LogP contribution in [-0.4, -0.2) is 30.3 Å². The Morgan fingerprint density at radius 1 is 1.18 bits per heavy atom. The van der Waals surface area contributed by atoms with Crippen LogP contribution in [0.15, 0.2) is 64.0 Å². The largest absolute Gasteiger partial charge is 0.486 e. The molecule has 0 aliphatic carbocycles. The van der Waals surface area contributed by atoms with Gasteiger partial charge >= 0.3 is 0 Å². The Kier molecular flexibility index (Phi) is 5.53. The molecule has 0 saturated carbocycles. The number of thioether (sulfide) groups is 1. The molecule has 0 radical (unpaired) electrons. The number of aryl methyl sites for hydroxylation is 1. The van der Waals surface area contributed by atoms with E-state index in [-0.39, 0.29) is 12.0 Å². The second-order valence-corrected chi connectivity index (χ2v) is 7.44. The first-order valence-corrected chi connectivity index (χ1v) is 9.98. The molecular formula is C21H20N2O4S. The summed E-state index contributed by atoms with van der Waals surface area (Å²) in [5.74, 6) is 2.69. The van der Waals surface area contributed by atoms with Crippen molar-refractivity contribution in [2.24, 2.45) is 0 Å². The van der Waals surface area contributed by atoms with E-state index in [4.69, 9.17) is 14.0 Å². The van der Waals surface area contributed by atoms with Gasteiger partial charge in [0, 0.05) is 11.0 Å². The van der Waals surface area contributed by atoms with E-state index in [1.165, 1.54) is 0 Å². The zero-order valence-electron chi connectivity index (χ0n) is 15.4. The summed E-state index contributed by atoms with van der Waals surface area (Å²) >= 11 is 1.54. The highest BCUT2D eigenvalue weighted by Gasteiger charge is 2.22. The smallest absolute Gasteiger partial charge is 0.252 e. The van der Waals surface area contributed by atoms with Gasteiger partial charge in [0.1, 0.15) is 18.5 Å². The summed E-state index contributed by atoms with van der Waals surface area (Å²) < 4.78 is 16.8. The number of carbonyl (C=O) groups is 1. The third-order valence-corrected chi connectivity index (χ3v) is 5.33. The van der Waals surface area contributed by atoms with Crippen molar-refractivity contribution in [3.63, 3.8) is 0 Å². The van der Waals surface area contributed by atoms with Gasteiger partial charge in [0.15, 0.2) is 11.5 Å². The first kappa shape index (κ1) is 18.4. The molecule has 0 spiro atoms. The lowest BCUT2D eigenvalue weighted by Gasteiger charge is -2.26. The molecular weight excluding hydrogens is 376 g/mol. The van der Waals surface area contributed by atoms with Crippen LogP contribution in [0.3, 0.4) is 0 Å². The molecule has 6 nitrogen and oxygen atoms in total. The number of hydrogen-bond acceptors (Lipinski definition) is 6. The number of ether oxygens (including phenoxy) is 2. The molecule has 2 aromatic carbocycles. The average Bonchev–Trinajstić information content (AvgIpc) is 3.15. The zero-order chi connectivity index (χ0) is 19.3. The Balaban J connectivity index is 1.36. The van der Waals surface area contributed by atoms with Gasteiger partial charge in [0.25, 0.3) is 5.91 Å². The van der Waals surface area contributed by atoms with E-state index in [0.29, 0.717) is 30.2 Å². The van der Waals surface area contributed by atoms with Gasteiger partial charge in [-0.2, -0.15) is 0 Å². The lowest BCUT2D eigenvalue weighted by Crippen LogP contribution is -2.40. The van der Waals surface area contributed by atoms with Crippen LogP contribution in [0, 0.1) is 6.92 Å². The molecule has 0 fully saturated rings. The molecule has 1 aromatic heterocycles. The van der Waals surface area contributed by atoms with Gasteiger partial charge in [-0.3, -0.25) is 4.79 Å². The number of fused-ring (bicyclic) bond motifs is 1. The van der Waals surface area contributed by atoms with Crippen molar-refractivity contribution in [3.05, 3.63) is 71.6 Å². The van der Waals surface area contributed by atoms with Crippen molar-refractivity contribution in [2.45, 2.75) is 23.7 Å². The van der Waals surface area contributed by atoms with Crippen molar-refractivity contribution >= 4 is 17.7 Å². The fourth-order valence-electron chi connectivity index (χ4n) is 2.88. The summed E-state index contributed by atoms with van der Waals surface area (Å²) in [5, 5.41) is 6.84. The molecule has 1 unspecified atom stereocenters. The summed E-state index contributed by atoms with van der Waals surface area (Å²) in [7, 11) is 0. The number of para-hydroxylation sites is 2. The maximum Gasteiger partial charge on any atom is 0.252 e. The van der Waals surface area contributed by atoms with Crippen LogP contribution in [-0.2, 0) is 5.75 Å². The Morgan fingerprint density at radius 2 is 1.96 bits per heavy atom. The highest BCUT2D eigenvalue weighted by atomic mass is 32.2. The van der Waals surface area contributed by atoms with Crippen LogP contribution in [0.1, 0.15) is 21.8 Å². The van der Waals surface area contributed by atoms with Crippen LogP contribution < -0.4 is 14.8 Å². The number of hydrogen-bond donors (Lipinski definition) is 1. The van der Waals surface area contributed by atoms with Crippen molar-refractivity contribution < 1.29 is 18.8 Å². The normalized spacial score (nSPS) is 15.2. The van der Waals surface area contributed by atoms with Crippen molar-refractivity contribution in [1.29, 1.82) is 0 Å². The molecule has 0 saturated heterocycles. The van der Waals surface area contributed by atoms with Gasteiger partial charge in [0.05, 0.1) is 23.6 Å². The summed E-state index contributed by atoms with van der Waals surface area (Å²) in [6, 6.07) is 16.9. The van der Waals surface area contributed by atoms with Gasteiger partial charge in [-0.15, -0.1) is 11.8 Å². The maximum absolute atomic E-state index is 12.7. The van der Waals surface area contributed by atoms with E-state index in [0.717, 1.165) is 22.1 Å². The van der Waals surface area contributed by atoms with Gasteiger partial charge in [-0.1, -0.05) is 29.4 Å². The Morgan fingerprint density at radius 3 is 2.79 bits per heavy atom. The van der Waals surface area contributed by atoms with Crippen LogP contribution in [0.4, 0.5) is 0 Å². The number of rotatable bonds is 6. The molecule has 4 rings (SSSR count). The molecule has 28 heavy (non-hydrogen) atoms. The SMILES string of the molecule is Cc1cc(CSc2ccccc2C(=O)NCC2COc3ccccc3O2)on1. The molecule has 1 N–H and O–H groups in total. The van der Waals surface area contributed by atoms with Gasteiger partial charge in [0.2, 0.25) is 0 Å². The number of benzene rings is 2. The number of aromatic nitrogens is 1. The Hall–Kier alpha value is -2.93. The number of nitrogens with zero attached hydrogens (tertiary/aromatic N) is 1. The Labute approximate surface area is 167 Å². The fraction of sp³-hybridized carbons (Fsp3) is 0.238. The van der Waals surface area contributed by atoms with Crippen molar-refractivity contribution in [1.82, 2.24) is 10.5 Å². The molecule has 1 atom stereocenters. The third kappa shape index (κ3) is 4.31. The van der Waals surface area contributed by atoms with Crippen LogP contribution in [0.5, 0.6) is 11.5 Å². The predicted octanol–water partition coefficient (Wildman–Crippen LogP) is 3.85. The summed E-state index contributed by atoms with van der Waals surface area (Å²) in [4.78, 5) is 13.6. The van der Waals surface area contributed by atoms with Gasteiger partial charge < -0.3 is 19.3 Å². The zero-order valence-corrected chi connectivity index (χ0v) is 16.2. The molecule has 144 valence electrons. The lowest BCUT2D eigenvalue weighted by molar-refractivity contribution is 0.0787. The molecule has 1 aliphatic heterocycles. The topological polar surface area (TPSA) is 73.6 Å². The number of amides is 1. The second kappa shape index (κ2) is 8.39. The van der Waals surface area contributed by atoms with E-state index < -0.39 is 0 Å². The Bertz CT molecular complexity index is 972. The van der Waals surface area contributed by atoms with Crippen molar-refractivity contribution in [3.8, 4) is 11.5 Å². The lowest BCUT2D eigenvalue weighted by atomic mass is 10.2. The maximum atomic E-state index is 12.7. The number of carbonyl (C=O) groups excluding carboxylic acids is 1. The summed E-state index contributed by atoms with van der Waals surface area (Å²) in [5.41, 5.74) is 1.47. The van der Waals surface area contributed by atoms with Gasteiger partial charge in [-0.25, -0.2) is 0 Å². The molecule has 3 aromatic rings. The second-order valence-electron chi connectivity index (χ2n) is 6.43. The minimum atomic E-state index is -0.226. The molecule has 1 aliphatic rings. The minimum absolute atomic E-state index is 0.140. The van der Waals surface area contributed by atoms with E-state index in [1.807, 2.05) is 61.5 Å². The first-order valence-electron chi connectivity index (χ1n) is 9.00. The standard InChI is InChI=1S/C21H20N2O4S/c1-14-10-15(27-23-14)13-28-20-9-5-2-6-17(20)21(24)22-11-16-12-25-18-7-3-4-8-19(18)26-16/h2-10,16H,11-13H2,1H3,(H,22,24). The molecule has 2 heterocycles. The molecule has 1 amide bonds. The van der Waals surface area contributed by atoms with Crippen LogP contribution in [0.2, 0.25) is 0 Å². The van der Waals surface area contributed by atoms with E-state index in [9.17, 15) is 4.79 Å². The van der Waals surface area contributed by atoms with E-state index in [2.05, 4.69) is 10.5 Å². The van der Waals surface area contributed by atoms with Crippen LogP contribution in [0.25, 0.3) is 0 Å². The highest BCUT2D eigenvalue weighted by Crippen LogP contribution is 2.31. The summed E-state index contributed by atoms with van der Waals surface area (Å²) in [6.45, 7) is 2.65. The van der Waals surface area contributed by atoms with E-state index >= 15 is 0 Å². The number of nitrogens with one attached hydrogen (secondary N) is 1. The molecule has 7 heteroatoms. The predicted molar refractivity (Wildman–Crippen MR) is 106 cm³/mol. The van der Waals surface area contributed by atoms with Crippen LogP contribution >= 0.6 is 11.8 Å². The monoisotopic (exact) mass is 396 g/mol. The first-order chi connectivity index (χ1) is 13.7. The molecule has 0 bridgehead atoms. The fourth-order valence-corrected chi connectivity index (χ4v) is 3.80. The average molecular weight is 396 g/mol. The third-order valence-electron chi connectivity index (χ3n) is 4.24. The summed E-state index contributed by atoms with van der Waals surface area (Å²) in [6.07, 6.45) is -0.226. The minimum Gasteiger partial charge on any atom is -0.486 e.